The summed E-state index contributed by atoms with van der Waals surface area (Å²) in [5.41, 5.74) is 11.0. The summed E-state index contributed by atoms with van der Waals surface area (Å²) in [6.45, 7) is 1.60. The molecule has 0 aromatic rings. The van der Waals surface area contributed by atoms with Gasteiger partial charge in [0.25, 0.3) is 0 Å². The molecule has 11 nitrogen and oxygen atoms in total. The third-order valence-electron chi connectivity index (χ3n) is 4.83. The monoisotopic (exact) mass is 445 g/mol. The second-order valence-corrected chi connectivity index (χ2v) is 8.20. The van der Waals surface area contributed by atoms with Crippen molar-refractivity contribution >= 4 is 41.4 Å². The van der Waals surface area contributed by atoms with E-state index in [0.717, 1.165) is 0 Å². The molecule has 0 radical (unpaired) electrons. The van der Waals surface area contributed by atoms with Crippen LogP contribution in [0.4, 0.5) is 0 Å². The number of carboxylic acids is 1. The molecule has 30 heavy (non-hydrogen) atoms. The first-order valence-corrected chi connectivity index (χ1v) is 11.1. The molecule has 4 atom stereocenters. The first kappa shape index (κ1) is 25.7. The van der Waals surface area contributed by atoms with Crippen molar-refractivity contribution in [2.45, 2.75) is 63.2 Å². The van der Waals surface area contributed by atoms with Crippen molar-refractivity contribution in [1.82, 2.24) is 15.5 Å². The third-order valence-corrected chi connectivity index (χ3v) is 5.48. The van der Waals surface area contributed by atoms with Gasteiger partial charge < -0.3 is 32.1 Å². The predicted molar refractivity (Wildman–Crippen MR) is 111 cm³/mol. The molecule has 1 rings (SSSR count). The summed E-state index contributed by atoms with van der Waals surface area (Å²) < 4.78 is 0. The van der Waals surface area contributed by atoms with Gasteiger partial charge in [-0.25, -0.2) is 0 Å². The molecular formula is C18H31N5O6S. The highest BCUT2D eigenvalue weighted by molar-refractivity contribution is 7.98. The van der Waals surface area contributed by atoms with Crippen LogP contribution >= 0.6 is 11.8 Å². The number of rotatable bonds is 12. The summed E-state index contributed by atoms with van der Waals surface area (Å²) >= 11 is 1.53. The van der Waals surface area contributed by atoms with E-state index in [1.54, 1.807) is 0 Å². The molecule has 7 N–H and O–H groups in total. The molecule has 12 heteroatoms. The van der Waals surface area contributed by atoms with Gasteiger partial charge in [-0.1, -0.05) is 0 Å². The highest BCUT2D eigenvalue weighted by Gasteiger charge is 2.38. The Hall–Kier alpha value is -2.34. The molecule has 4 unspecified atom stereocenters. The maximum atomic E-state index is 13.1. The number of nitrogens with one attached hydrogen (secondary N) is 2. The molecule has 0 bridgehead atoms. The van der Waals surface area contributed by atoms with Gasteiger partial charge in [0.2, 0.25) is 23.6 Å². The lowest BCUT2D eigenvalue weighted by molar-refractivity contribution is -0.144. The minimum absolute atomic E-state index is 0.0223. The predicted octanol–water partition coefficient (Wildman–Crippen LogP) is -1.60. The van der Waals surface area contributed by atoms with Crippen molar-refractivity contribution in [3.63, 3.8) is 0 Å². The molecule has 1 saturated heterocycles. The minimum Gasteiger partial charge on any atom is -0.480 e. The fourth-order valence-electron chi connectivity index (χ4n) is 3.07. The fourth-order valence-corrected chi connectivity index (χ4v) is 3.56. The normalized spacial score (nSPS) is 18.9. The Morgan fingerprint density at radius 2 is 1.87 bits per heavy atom. The highest BCUT2D eigenvalue weighted by Crippen LogP contribution is 2.20. The summed E-state index contributed by atoms with van der Waals surface area (Å²) in [7, 11) is 0. The number of hydrogen-bond acceptors (Lipinski definition) is 7. The van der Waals surface area contributed by atoms with Gasteiger partial charge in [0.05, 0.1) is 6.04 Å². The standard InChI is InChI=1S/C18H31N5O6S/c1-10(18(28)29)21-16(26)13-4-3-8-23(13)17(27)12(5-6-14(20)24)22-15(25)11(19)7-9-30-2/h10-13H,3-9,19H2,1-2H3,(H2,20,24)(H,21,26)(H,22,25)(H,28,29). The SMILES string of the molecule is CSCCC(N)C(=O)NC(CCC(N)=O)C(=O)N1CCCC1C(=O)NC(C)C(=O)O. The van der Waals surface area contributed by atoms with E-state index < -0.39 is 53.8 Å². The largest absolute Gasteiger partial charge is 0.480 e. The van der Waals surface area contributed by atoms with E-state index >= 15 is 0 Å². The maximum absolute atomic E-state index is 13.1. The van der Waals surface area contributed by atoms with Gasteiger partial charge in [0.15, 0.2) is 0 Å². The second kappa shape index (κ2) is 12.4. The van der Waals surface area contributed by atoms with E-state index in [9.17, 15) is 24.0 Å². The Kier molecular flexibility index (Phi) is 10.6. The van der Waals surface area contributed by atoms with Crippen LogP contribution < -0.4 is 22.1 Å². The number of carbonyl (C=O) groups excluding carboxylic acids is 4. The summed E-state index contributed by atoms with van der Waals surface area (Å²) in [5.74, 6) is -2.77. The van der Waals surface area contributed by atoms with Crippen LogP contribution in [0.25, 0.3) is 0 Å². The highest BCUT2D eigenvalue weighted by atomic mass is 32.2. The van der Waals surface area contributed by atoms with Crippen molar-refractivity contribution in [2.75, 3.05) is 18.6 Å². The van der Waals surface area contributed by atoms with Crippen LogP contribution in [0.3, 0.4) is 0 Å². The molecule has 4 amide bonds. The van der Waals surface area contributed by atoms with Crippen molar-refractivity contribution in [3.05, 3.63) is 0 Å². The van der Waals surface area contributed by atoms with E-state index in [0.29, 0.717) is 25.0 Å². The lowest BCUT2D eigenvalue weighted by Crippen LogP contribution is -2.56. The number of carbonyl (C=O) groups is 5. The molecular weight excluding hydrogens is 414 g/mol. The van der Waals surface area contributed by atoms with Crippen molar-refractivity contribution < 1.29 is 29.1 Å². The molecule has 0 aromatic heterocycles. The molecule has 0 spiro atoms. The second-order valence-electron chi connectivity index (χ2n) is 7.21. The van der Waals surface area contributed by atoms with E-state index in [1.807, 2.05) is 6.26 Å². The zero-order valence-corrected chi connectivity index (χ0v) is 18.1. The molecule has 1 heterocycles. The number of thioether (sulfide) groups is 1. The van der Waals surface area contributed by atoms with Crippen LogP contribution in [0, 0.1) is 0 Å². The smallest absolute Gasteiger partial charge is 0.325 e. The number of nitrogens with zero attached hydrogens (tertiary/aromatic N) is 1. The topological polar surface area (TPSA) is 185 Å². The Balaban J connectivity index is 2.90. The quantitative estimate of drug-likeness (QED) is 0.238. The summed E-state index contributed by atoms with van der Waals surface area (Å²) in [6, 6.07) is -3.82. The maximum Gasteiger partial charge on any atom is 0.325 e. The summed E-state index contributed by atoms with van der Waals surface area (Å²) in [6.07, 6.45) is 3.07. The number of primary amides is 1. The van der Waals surface area contributed by atoms with Crippen LogP contribution in [-0.2, 0) is 24.0 Å². The average molecular weight is 446 g/mol. The molecule has 0 aromatic carbocycles. The van der Waals surface area contributed by atoms with Crippen LogP contribution in [0.5, 0.6) is 0 Å². The summed E-state index contributed by atoms with van der Waals surface area (Å²) in [4.78, 5) is 61.4. The number of hydrogen-bond donors (Lipinski definition) is 5. The van der Waals surface area contributed by atoms with Crippen molar-refractivity contribution in [1.29, 1.82) is 0 Å². The zero-order valence-electron chi connectivity index (χ0n) is 17.3. The third kappa shape index (κ3) is 7.82. The summed E-state index contributed by atoms with van der Waals surface area (Å²) in [5, 5.41) is 13.9. The van der Waals surface area contributed by atoms with Crippen LogP contribution in [0.1, 0.15) is 39.0 Å². The lowest BCUT2D eigenvalue weighted by Gasteiger charge is -2.29. The van der Waals surface area contributed by atoms with Gasteiger partial charge in [-0.15, -0.1) is 0 Å². The van der Waals surface area contributed by atoms with Gasteiger partial charge in [-0.3, -0.25) is 24.0 Å². The van der Waals surface area contributed by atoms with Gasteiger partial charge in [-0.2, -0.15) is 11.8 Å². The average Bonchev–Trinajstić information content (AvgIpc) is 3.18. The van der Waals surface area contributed by atoms with Gasteiger partial charge >= 0.3 is 5.97 Å². The Bertz CT molecular complexity index is 661. The minimum atomic E-state index is -1.19. The van der Waals surface area contributed by atoms with Crippen molar-refractivity contribution in [2.24, 2.45) is 11.5 Å². The van der Waals surface area contributed by atoms with Gasteiger partial charge in [0.1, 0.15) is 18.1 Å². The lowest BCUT2D eigenvalue weighted by atomic mass is 10.1. The van der Waals surface area contributed by atoms with Crippen LogP contribution in [-0.4, -0.2) is 82.3 Å². The first-order chi connectivity index (χ1) is 14.1. The van der Waals surface area contributed by atoms with Crippen LogP contribution in [0.15, 0.2) is 0 Å². The van der Waals surface area contributed by atoms with Crippen LogP contribution in [0.2, 0.25) is 0 Å². The van der Waals surface area contributed by atoms with Gasteiger partial charge in [0, 0.05) is 13.0 Å². The molecule has 1 fully saturated rings. The first-order valence-electron chi connectivity index (χ1n) is 9.75. The zero-order chi connectivity index (χ0) is 22.8. The molecule has 0 saturated carbocycles. The van der Waals surface area contributed by atoms with E-state index in [1.165, 1.54) is 23.6 Å². The molecule has 1 aliphatic heterocycles. The number of amides is 4. The van der Waals surface area contributed by atoms with Crippen molar-refractivity contribution in [3.8, 4) is 0 Å². The fraction of sp³-hybridized carbons (Fsp3) is 0.722. The molecule has 170 valence electrons. The van der Waals surface area contributed by atoms with Gasteiger partial charge in [-0.05, 0) is 44.6 Å². The molecule has 1 aliphatic rings. The number of nitrogens with two attached hydrogens (primary N) is 2. The molecule has 0 aliphatic carbocycles. The number of likely N-dealkylation sites (tertiary alicyclic amines) is 1. The van der Waals surface area contributed by atoms with E-state index in [-0.39, 0.29) is 19.4 Å². The van der Waals surface area contributed by atoms with E-state index in [2.05, 4.69) is 10.6 Å². The number of aliphatic carboxylic acids is 1. The number of carboxylic acid groups (broad SMARTS) is 1. The van der Waals surface area contributed by atoms with E-state index in [4.69, 9.17) is 16.6 Å². The Morgan fingerprint density at radius 1 is 1.20 bits per heavy atom. The Morgan fingerprint density at radius 3 is 2.43 bits per heavy atom. The Labute approximate surface area is 179 Å².